The van der Waals surface area contributed by atoms with E-state index >= 15 is 0 Å². The van der Waals surface area contributed by atoms with Gasteiger partial charge in [-0.25, -0.2) is 4.39 Å². The first kappa shape index (κ1) is 7.77. The van der Waals surface area contributed by atoms with Gasteiger partial charge in [0.2, 0.25) is 0 Å². The Hall–Kier alpha value is -0.230. The Balaban J connectivity index is 3.42. The first-order valence-corrected chi connectivity index (χ1v) is 3.17. The van der Waals surface area contributed by atoms with Crippen molar-refractivity contribution < 1.29 is 21.4 Å². The fourth-order valence-electron chi connectivity index (χ4n) is 0.131. The van der Waals surface area contributed by atoms with Crippen LogP contribution in [0.15, 0.2) is 0 Å². The molecular formula is C2H4F2O3S. The van der Waals surface area contributed by atoms with Crippen LogP contribution in [0.4, 0.5) is 8.28 Å². The number of hydrogen-bond donors (Lipinski definition) is 0. The average Bonchev–Trinajstić information content (AvgIpc) is 1.59. The van der Waals surface area contributed by atoms with E-state index in [0.29, 0.717) is 0 Å². The Kier molecular flexibility index (Phi) is 2.85. The summed E-state index contributed by atoms with van der Waals surface area (Å²) in [5.41, 5.74) is 0. The van der Waals surface area contributed by atoms with Crippen molar-refractivity contribution in [3.8, 4) is 0 Å². The summed E-state index contributed by atoms with van der Waals surface area (Å²) >= 11 is 0. The molecule has 0 aromatic rings. The van der Waals surface area contributed by atoms with Crippen LogP contribution in [0.1, 0.15) is 0 Å². The van der Waals surface area contributed by atoms with Crippen molar-refractivity contribution in [3.05, 3.63) is 0 Å². The Morgan fingerprint density at radius 2 is 2.00 bits per heavy atom. The maximum Gasteiger partial charge on any atom is 0.326 e. The van der Waals surface area contributed by atoms with Gasteiger partial charge in [-0.3, -0.25) is 0 Å². The van der Waals surface area contributed by atoms with Crippen LogP contribution < -0.4 is 0 Å². The average molecular weight is 146 g/mol. The number of hydrogen-bond acceptors (Lipinski definition) is 3. The minimum absolute atomic E-state index is 1.20. The van der Waals surface area contributed by atoms with Gasteiger partial charge in [0.15, 0.2) is 12.8 Å². The fourth-order valence-corrected chi connectivity index (χ4v) is 0.393. The Morgan fingerprint density at radius 1 is 1.50 bits per heavy atom. The Morgan fingerprint density at radius 3 is 2.12 bits per heavy atom. The van der Waals surface area contributed by atoms with E-state index in [2.05, 4.69) is 4.74 Å². The second-order valence-electron chi connectivity index (χ2n) is 0.970. The van der Waals surface area contributed by atoms with Gasteiger partial charge in [0, 0.05) is 0 Å². The van der Waals surface area contributed by atoms with Crippen molar-refractivity contribution in [2.45, 2.75) is 0 Å². The first-order valence-electron chi connectivity index (χ1n) is 1.62. The highest BCUT2D eigenvalue weighted by Crippen LogP contribution is 1.90. The van der Waals surface area contributed by atoms with Crippen molar-refractivity contribution in [1.29, 1.82) is 0 Å². The summed E-state index contributed by atoms with van der Waals surface area (Å²) in [5.74, 6) is -1.20. The van der Waals surface area contributed by atoms with Gasteiger partial charge in [0.1, 0.15) is 0 Å². The zero-order chi connectivity index (χ0) is 6.62. The summed E-state index contributed by atoms with van der Waals surface area (Å²) in [6.45, 7) is -1.29. The topological polar surface area (TPSA) is 43.4 Å². The van der Waals surface area contributed by atoms with Crippen LogP contribution in [0.25, 0.3) is 0 Å². The summed E-state index contributed by atoms with van der Waals surface area (Å²) in [4.78, 5) is 0. The third-order valence-electron chi connectivity index (χ3n) is 0.301. The fraction of sp³-hybridized carbons (Fsp3) is 1.00. The highest BCUT2D eigenvalue weighted by atomic mass is 32.3. The van der Waals surface area contributed by atoms with Gasteiger partial charge in [-0.05, 0) is 0 Å². The molecule has 0 heterocycles. The van der Waals surface area contributed by atoms with Crippen molar-refractivity contribution in [2.24, 2.45) is 0 Å². The lowest BCUT2D eigenvalue weighted by Crippen LogP contribution is -2.01. The van der Waals surface area contributed by atoms with Gasteiger partial charge in [0.05, 0.1) is 0 Å². The van der Waals surface area contributed by atoms with Crippen LogP contribution in [0.3, 0.4) is 0 Å². The molecule has 0 aliphatic rings. The predicted octanol–water partition coefficient (Wildman–Crippen LogP) is 0.187. The van der Waals surface area contributed by atoms with Crippen LogP contribution in [0.2, 0.25) is 0 Å². The zero-order valence-corrected chi connectivity index (χ0v) is 4.62. The molecule has 8 heavy (non-hydrogen) atoms. The molecule has 0 amide bonds. The molecule has 50 valence electrons. The van der Waals surface area contributed by atoms with Crippen LogP contribution in [-0.2, 0) is 15.0 Å². The smallest absolute Gasteiger partial charge is 0.326 e. The molecule has 0 spiro atoms. The van der Waals surface area contributed by atoms with Gasteiger partial charge < -0.3 is 4.74 Å². The van der Waals surface area contributed by atoms with Gasteiger partial charge in [-0.1, -0.05) is 0 Å². The Bertz CT molecular complexity index is 139. The van der Waals surface area contributed by atoms with Crippen LogP contribution in [0, 0.1) is 0 Å². The second-order valence-corrected chi connectivity index (χ2v) is 2.28. The van der Waals surface area contributed by atoms with Crippen LogP contribution in [-0.4, -0.2) is 21.2 Å². The lowest BCUT2D eigenvalue weighted by molar-refractivity contribution is 0.0868. The van der Waals surface area contributed by atoms with Crippen molar-refractivity contribution >= 4 is 10.2 Å². The molecule has 0 rings (SSSR count). The van der Waals surface area contributed by atoms with Crippen LogP contribution in [0.5, 0.6) is 0 Å². The van der Waals surface area contributed by atoms with E-state index in [0.717, 1.165) is 0 Å². The molecule has 0 radical (unpaired) electrons. The minimum atomic E-state index is -4.65. The third kappa shape index (κ3) is 5.77. The molecule has 0 aliphatic carbocycles. The van der Waals surface area contributed by atoms with E-state index < -0.39 is 23.0 Å². The summed E-state index contributed by atoms with van der Waals surface area (Å²) in [7, 11) is -4.65. The quantitative estimate of drug-likeness (QED) is 0.533. The van der Waals surface area contributed by atoms with E-state index in [1.807, 2.05) is 0 Å². The van der Waals surface area contributed by atoms with Crippen molar-refractivity contribution in [1.82, 2.24) is 0 Å². The van der Waals surface area contributed by atoms with Gasteiger partial charge >= 0.3 is 10.2 Å². The van der Waals surface area contributed by atoms with E-state index in [1.54, 1.807) is 0 Å². The summed E-state index contributed by atoms with van der Waals surface area (Å²) in [6.07, 6.45) is 0. The lowest BCUT2D eigenvalue weighted by Gasteiger charge is -1.89. The third-order valence-corrected chi connectivity index (χ3v) is 0.749. The number of halogens is 2. The maximum atomic E-state index is 11.3. The standard InChI is InChI=1S/C2H4F2O3S/c3-1-7-2-8(4,5)6/h1-2H2. The minimum Gasteiger partial charge on any atom is -0.332 e. The molecule has 0 fully saturated rings. The lowest BCUT2D eigenvalue weighted by atomic mass is 11.5. The summed E-state index contributed by atoms with van der Waals surface area (Å²) in [5, 5.41) is 0. The van der Waals surface area contributed by atoms with E-state index in [-0.39, 0.29) is 0 Å². The van der Waals surface area contributed by atoms with Gasteiger partial charge in [-0.2, -0.15) is 8.42 Å². The molecule has 0 atom stereocenters. The number of alkyl halides is 1. The maximum absolute atomic E-state index is 11.3. The molecule has 0 aliphatic heterocycles. The van der Waals surface area contributed by atoms with Gasteiger partial charge in [-0.15, -0.1) is 3.89 Å². The molecule has 0 N–H and O–H groups in total. The summed E-state index contributed by atoms with van der Waals surface area (Å²) < 4.78 is 44.6. The van der Waals surface area contributed by atoms with Crippen LogP contribution >= 0.6 is 0 Å². The number of ether oxygens (including phenoxy) is 1. The summed E-state index contributed by atoms with van der Waals surface area (Å²) in [6, 6.07) is 0. The SMILES string of the molecule is O=S(=O)(F)COCF. The molecular weight excluding hydrogens is 142 g/mol. The molecule has 0 saturated heterocycles. The zero-order valence-electron chi connectivity index (χ0n) is 3.80. The van der Waals surface area contributed by atoms with Gasteiger partial charge in [0.25, 0.3) is 0 Å². The predicted molar refractivity (Wildman–Crippen MR) is 22.0 cm³/mol. The monoisotopic (exact) mass is 146 g/mol. The van der Waals surface area contributed by atoms with E-state index in [9.17, 15) is 16.7 Å². The second kappa shape index (κ2) is 2.93. The van der Waals surface area contributed by atoms with E-state index in [1.165, 1.54) is 0 Å². The van der Waals surface area contributed by atoms with Crippen molar-refractivity contribution in [2.75, 3.05) is 12.8 Å². The molecule has 0 bridgehead atoms. The molecule has 3 nitrogen and oxygen atoms in total. The molecule has 0 aromatic heterocycles. The Labute approximate surface area is 45.5 Å². The van der Waals surface area contributed by atoms with Crippen molar-refractivity contribution in [3.63, 3.8) is 0 Å². The molecule has 6 heteroatoms. The largest absolute Gasteiger partial charge is 0.332 e. The molecule has 0 saturated carbocycles. The normalized spacial score (nSPS) is 11.8. The molecule has 0 unspecified atom stereocenters. The molecule has 0 aromatic carbocycles. The highest BCUT2D eigenvalue weighted by molar-refractivity contribution is 7.86. The highest BCUT2D eigenvalue weighted by Gasteiger charge is 2.04. The number of rotatable bonds is 3. The van der Waals surface area contributed by atoms with E-state index in [4.69, 9.17) is 0 Å². The first-order chi connectivity index (χ1) is 3.56.